The molecule has 96 valence electrons. The molecule has 16 heavy (non-hydrogen) atoms. The molecule has 0 fully saturated rings. The quantitative estimate of drug-likeness (QED) is 0.594. The zero-order chi connectivity index (χ0) is 12.6. The normalized spacial score (nSPS) is 13.3. The zero-order valence-corrected chi connectivity index (χ0v) is 10.7. The molecule has 5 heteroatoms. The first-order chi connectivity index (χ1) is 7.39. The highest BCUT2D eigenvalue weighted by molar-refractivity contribution is 5.67. The van der Waals surface area contributed by atoms with Crippen LogP contribution in [0.4, 0.5) is 4.79 Å². The Bertz CT molecular complexity index is 198. The highest BCUT2D eigenvalue weighted by Crippen LogP contribution is 2.05. The smallest absolute Gasteiger partial charge is 0.407 e. The number of ether oxygens (including phenoxy) is 1. The third-order valence-electron chi connectivity index (χ3n) is 1.94. The Labute approximate surface area is 97.6 Å². The molecule has 0 bridgehead atoms. The molecule has 0 aromatic rings. The van der Waals surface area contributed by atoms with Gasteiger partial charge in [-0.1, -0.05) is 6.92 Å². The van der Waals surface area contributed by atoms with Crippen molar-refractivity contribution in [2.24, 2.45) is 0 Å². The Kier molecular flexibility index (Phi) is 7.08. The lowest BCUT2D eigenvalue weighted by atomic mass is 10.2. The van der Waals surface area contributed by atoms with Gasteiger partial charge in [0, 0.05) is 19.1 Å². The SMILES string of the molecule is CC[C@H](CO)NCCNC(=O)OC(C)(C)C. The molecule has 0 aliphatic heterocycles. The molecular weight excluding hydrogens is 208 g/mol. The van der Waals surface area contributed by atoms with Gasteiger partial charge in [-0.15, -0.1) is 0 Å². The highest BCUT2D eigenvalue weighted by atomic mass is 16.6. The van der Waals surface area contributed by atoms with Crippen LogP contribution in [0.2, 0.25) is 0 Å². The third kappa shape index (κ3) is 8.49. The van der Waals surface area contributed by atoms with Crippen LogP contribution in [0.1, 0.15) is 34.1 Å². The molecule has 0 aliphatic rings. The average Bonchev–Trinajstić information content (AvgIpc) is 2.15. The van der Waals surface area contributed by atoms with E-state index >= 15 is 0 Å². The van der Waals surface area contributed by atoms with Crippen molar-refractivity contribution >= 4 is 6.09 Å². The maximum atomic E-state index is 11.2. The van der Waals surface area contributed by atoms with E-state index in [-0.39, 0.29) is 12.6 Å². The second kappa shape index (κ2) is 7.46. The molecule has 0 aromatic heterocycles. The van der Waals surface area contributed by atoms with Gasteiger partial charge in [0.05, 0.1) is 6.61 Å². The molecule has 0 saturated carbocycles. The molecular formula is C11H24N2O3. The first-order valence-corrected chi connectivity index (χ1v) is 5.70. The van der Waals surface area contributed by atoms with Gasteiger partial charge in [0.1, 0.15) is 5.60 Å². The second-order valence-electron chi connectivity index (χ2n) is 4.67. The minimum Gasteiger partial charge on any atom is -0.444 e. The van der Waals surface area contributed by atoms with Gasteiger partial charge < -0.3 is 20.5 Å². The molecule has 1 atom stereocenters. The van der Waals surface area contributed by atoms with Crippen LogP contribution >= 0.6 is 0 Å². The number of aliphatic hydroxyl groups is 1. The summed E-state index contributed by atoms with van der Waals surface area (Å²) in [6.07, 6.45) is 0.453. The highest BCUT2D eigenvalue weighted by Gasteiger charge is 2.15. The Morgan fingerprint density at radius 3 is 2.44 bits per heavy atom. The zero-order valence-electron chi connectivity index (χ0n) is 10.7. The van der Waals surface area contributed by atoms with E-state index in [2.05, 4.69) is 10.6 Å². The van der Waals surface area contributed by atoms with E-state index in [9.17, 15) is 4.79 Å². The summed E-state index contributed by atoms with van der Waals surface area (Å²) >= 11 is 0. The van der Waals surface area contributed by atoms with Crippen molar-refractivity contribution in [1.82, 2.24) is 10.6 Å². The number of nitrogens with one attached hydrogen (secondary N) is 2. The Hall–Kier alpha value is -0.810. The lowest BCUT2D eigenvalue weighted by Crippen LogP contribution is -2.40. The molecule has 5 nitrogen and oxygen atoms in total. The van der Waals surface area contributed by atoms with E-state index < -0.39 is 11.7 Å². The number of hydrogen-bond donors (Lipinski definition) is 3. The van der Waals surface area contributed by atoms with E-state index in [0.29, 0.717) is 13.1 Å². The Morgan fingerprint density at radius 2 is 2.00 bits per heavy atom. The monoisotopic (exact) mass is 232 g/mol. The molecule has 0 spiro atoms. The van der Waals surface area contributed by atoms with E-state index in [4.69, 9.17) is 9.84 Å². The summed E-state index contributed by atoms with van der Waals surface area (Å²) in [7, 11) is 0. The van der Waals surface area contributed by atoms with Gasteiger partial charge in [-0.2, -0.15) is 0 Å². The molecule has 0 aliphatic carbocycles. The summed E-state index contributed by atoms with van der Waals surface area (Å²) < 4.78 is 5.07. The number of hydrogen-bond acceptors (Lipinski definition) is 4. The van der Waals surface area contributed by atoms with Crippen molar-refractivity contribution < 1.29 is 14.6 Å². The van der Waals surface area contributed by atoms with Gasteiger partial charge in [0.25, 0.3) is 0 Å². The fourth-order valence-electron chi connectivity index (χ4n) is 1.09. The number of amides is 1. The molecule has 0 aromatic carbocycles. The Morgan fingerprint density at radius 1 is 1.38 bits per heavy atom. The maximum Gasteiger partial charge on any atom is 0.407 e. The van der Waals surface area contributed by atoms with Crippen LogP contribution in [-0.4, -0.2) is 42.5 Å². The molecule has 0 rings (SSSR count). The fraction of sp³-hybridized carbons (Fsp3) is 0.909. The van der Waals surface area contributed by atoms with Crippen LogP contribution in [0.3, 0.4) is 0 Å². The van der Waals surface area contributed by atoms with Crippen LogP contribution in [0.15, 0.2) is 0 Å². The van der Waals surface area contributed by atoms with Gasteiger partial charge in [-0.3, -0.25) is 0 Å². The van der Waals surface area contributed by atoms with Crippen molar-refractivity contribution in [2.75, 3.05) is 19.7 Å². The number of aliphatic hydroxyl groups excluding tert-OH is 1. The van der Waals surface area contributed by atoms with Gasteiger partial charge in [0.2, 0.25) is 0 Å². The largest absolute Gasteiger partial charge is 0.444 e. The number of carbonyl (C=O) groups is 1. The molecule has 0 heterocycles. The predicted octanol–water partition coefficient (Wildman–Crippen LogP) is 0.872. The van der Waals surface area contributed by atoms with Crippen LogP contribution in [0, 0.1) is 0 Å². The first kappa shape index (κ1) is 15.2. The van der Waals surface area contributed by atoms with Crippen molar-refractivity contribution in [2.45, 2.75) is 45.8 Å². The van der Waals surface area contributed by atoms with E-state index in [1.165, 1.54) is 0 Å². The van der Waals surface area contributed by atoms with Gasteiger partial charge in [0.15, 0.2) is 0 Å². The van der Waals surface area contributed by atoms with Crippen molar-refractivity contribution in [3.8, 4) is 0 Å². The molecule has 0 radical (unpaired) electrons. The Balaban J connectivity index is 3.55. The third-order valence-corrected chi connectivity index (χ3v) is 1.94. The first-order valence-electron chi connectivity index (χ1n) is 5.70. The minimum absolute atomic E-state index is 0.0976. The van der Waals surface area contributed by atoms with Gasteiger partial charge in [-0.05, 0) is 27.2 Å². The summed E-state index contributed by atoms with van der Waals surface area (Å²) in [6.45, 7) is 8.69. The maximum absolute atomic E-state index is 11.2. The van der Waals surface area contributed by atoms with Gasteiger partial charge in [-0.25, -0.2) is 4.79 Å². The van der Waals surface area contributed by atoms with Gasteiger partial charge >= 0.3 is 6.09 Å². The predicted molar refractivity (Wildman–Crippen MR) is 63.4 cm³/mol. The number of rotatable bonds is 6. The second-order valence-corrected chi connectivity index (χ2v) is 4.67. The molecule has 0 saturated heterocycles. The standard InChI is InChI=1S/C11H24N2O3/c1-5-9(8-14)12-6-7-13-10(15)16-11(2,3)4/h9,12,14H,5-8H2,1-4H3,(H,13,15)/t9-/m1/s1. The fourth-order valence-corrected chi connectivity index (χ4v) is 1.09. The van der Waals surface area contributed by atoms with Crippen LogP contribution < -0.4 is 10.6 Å². The van der Waals surface area contributed by atoms with Crippen molar-refractivity contribution in [3.63, 3.8) is 0 Å². The van der Waals surface area contributed by atoms with Crippen LogP contribution in [0.5, 0.6) is 0 Å². The molecule has 1 amide bonds. The number of alkyl carbamates (subject to hydrolysis) is 1. The average molecular weight is 232 g/mol. The molecule has 0 unspecified atom stereocenters. The van der Waals surface area contributed by atoms with Crippen molar-refractivity contribution in [1.29, 1.82) is 0 Å². The minimum atomic E-state index is -0.464. The van der Waals surface area contributed by atoms with Crippen LogP contribution in [-0.2, 0) is 4.74 Å². The summed E-state index contributed by atoms with van der Waals surface area (Å²) in [5.74, 6) is 0. The van der Waals surface area contributed by atoms with E-state index in [0.717, 1.165) is 6.42 Å². The lowest BCUT2D eigenvalue weighted by Gasteiger charge is -2.20. The number of carbonyl (C=O) groups excluding carboxylic acids is 1. The van der Waals surface area contributed by atoms with E-state index in [1.807, 2.05) is 27.7 Å². The topological polar surface area (TPSA) is 70.6 Å². The summed E-state index contributed by atoms with van der Waals surface area (Å²) in [5.41, 5.74) is -0.464. The lowest BCUT2D eigenvalue weighted by molar-refractivity contribution is 0.0527. The summed E-state index contributed by atoms with van der Waals surface area (Å²) in [6, 6.07) is 0.0976. The summed E-state index contributed by atoms with van der Waals surface area (Å²) in [4.78, 5) is 11.2. The van der Waals surface area contributed by atoms with Crippen LogP contribution in [0.25, 0.3) is 0 Å². The molecule has 3 N–H and O–H groups in total. The van der Waals surface area contributed by atoms with E-state index in [1.54, 1.807) is 0 Å². The van der Waals surface area contributed by atoms with Crippen molar-refractivity contribution in [3.05, 3.63) is 0 Å². The summed E-state index contributed by atoms with van der Waals surface area (Å²) in [5, 5.41) is 14.7.